The Bertz CT molecular complexity index is 962. The van der Waals surface area contributed by atoms with E-state index in [1.807, 2.05) is 36.4 Å². The number of nitriles is 1. The van der Waals surface area contributed by atoms with E-state index in [1.165, 1.54) is 11.8 Å². The molecule has 0 saturated heterocycles. The maximum atomic E-state index is 12.1. The van der Waals surface area contributed by atoms with Gasteiger partial charge in [-0.1, -0.05) is 36.0 Å². The SMILES string of the molecule is COc1ccc(Cc2nnc(SCC(=O)Nc3ccc(CC#N)cc3)o2)cc1. The Kier molecular flexibility index (Phi) is 6.65. The van der Waals surface area contributed by atoms with Crippen molar-refractivity contribution in [2.45, 2.75) is 18.1 Å². The highest BCUT2D eigenvalue weighted by Gasteiger charge is 2.11. The van der Waals surface area contributed by atoms with Crippen LogP contribution in [0.3, 0.4) is 0 Å². The van der Waals surface area contributed by atoms with Gasteiger partial charge in [0.15, 0.2) is 0 Å². The number of methoxy groups -OCH3 is 1. The zero-order valence-corrected chi connectivity index (χ0v) is 16.0. The summed E-state index contributed by atoms with van der Waals surface area (Å²) in [7, 11) is 1.62. The highest BCUT2D eigenvalue weighted by atomic mass is 32.2. The summed E-state index contributed by atoms with van der Waals surface area (Å²) < 4.78 is 10.7. The number of benzene rings is 2. The molecule has 142 valence electrons. The molecule has 0 aliphatic carbocycles. The van der Waals surface area contributed by atoms with Crippen molar-refractivity contribution in [1.29, 1.82) is 5.26 Å². The molecule has 0 aliphatic heterocycles. The summed E-state index contributed by atoms with van der Waals surface area (Å²) in [6.45, 7) is 0. The normalized spacial score (nSPS) is 10.3. The van der Waals surface area contributed by atoms with Gasteiger partial charge in [0, 0.05) is 5.69 Å². The van der Waals surface area contributed by atoms with Crippen molar-refractivity contribution in [3.63, 3.8) is 0 Å². The third kappa shape index (κ3) is 5.59. The Morgan fingerprint density at radius 1 is 1.14 bits per heavy atom. The first-order chi connectivity index (χ1) is 13.7. The van der Waals surface area contributed by atoms with E-state index >= 15 is 0 Å². The molecule has 0 aliphatic rings. The topological polar surface area (TPSA) is 101 Å². The summed E-state index contributed by atoms with van der Waals surface area (Å²) in [5.74, 6) is 1.26. The summed E-state index contributed by atoms with van der Waals surface area (Å²) in [4.78, 5) is 12.1. The lowest BCUT2D eigenvalue weighted by Gasteiger charge is -2.04. The second kappa shape index (κ2) is 9.58. The Balaban J connectivity index is 1.48. The fraction of sp³-hybridized carbons (Fsp3) is 0.200. The predicted molar refractivity (Wildman–Crippen MR) is 105 cm³/mol. The van der Waals surface area contributed by atoms with Crippen LogP contribution in [0.4, 0.5) is 5.69 Å². The van der Waals surface area contributed by atoms with Gasteiger partial charge in [-0.3, -0.25) is 4.79 Å². The van der Waals surface area contributed by atoms with Crippen molar-refractivity contribution >= 4 is 23.4 Å². The van der Waals surface area contributed by atoms with Gasteiger partial charge in [0.1, 0.15) is 5.75 Å². The van der Waals surface area contributed by atoms with Gasteiger partial charge in [-0.05, 0) is 35.4 Å². The first-order valence-electron chi connectivity index (χ1n) is 8.50. The van der Waals surface area contributed by atoms with Crippen LogP contribution in [0.15, 0.2) is 58.2 Å². The van der Waals surface area contributed by atoms with Crippen LogP contribution in [0.5, 0.6) is 5.75 Å². The molecule has 1 aromatic heterocycles. The number of aromatic nitrogens is 2. The third-order valence-corrected chi connectivity index (χ3v) is 4.63. The quantitative estimate of drug-likeness (QED) is 0.584. The molecule has 0 unspecified atom stereocenters. The van der Waals surface area contributed by atoms with E-state index in [2.05, 4.69) is 21.6 Å². The van der Waals surface area contributed by atoms with Gasteiger partial charge in [0.05, 0.1) is 31.8 Å². The highest BCUT2D eigenvalue weighted by molar-refractivity contribution is 7.99. The van der Waals surface area contributed by atoms with E-state index in [9.17, 15) is 4.79 Å². The molecule has 0 spiro atoms. The molecule has 1 N–H and O–H groups in total. The number of thioether (sulfide) groups is 1. The summed E-state index contributed by atoms with van der Waals surface area (Å²) in [5, 5.41) is 19.8. The molecule has 0 saturated carbocycles. The number of anilines is 1. The molecule has 0 atom stereocenters. The smallest absolute Gasteiger partial charge is 0.277 e. The van der Waals surface area contributed by atoms with Gasteiger partial charge in [0.2, 0.25) is 11.8 Å². The number of amides is 1. The minimum absolute atomic E-state index is 0.157. The van der Waals surface area contributed by atoms with Crippen LogP contribution in [0.2, 0.25) is 0 Å². The van der Waals surface area contributed by atoms with Gasteiger partial charge in [-0.25, -0.2) is 0 Å². The number of hydrogen-bond acceptors (Lipinski definition) is 7. The molecule has 0 bridgehead atoms. The van der Waals surface area contributed by atoms with Crippen LogP contribution in [-0.2, 0) is 17.6 Å². The molecular weight excluding hydrogens is 376 g/mol. The van der Waals surface area contributed by atoms with Gasteiger partial charge in [-0.15, -0.1) is 10.2 Å². The first-order valence-corrected chi connectivity index (χ1v) is 9.48. The lowest BCUT2D eigenvalue weighted by atomic mass is 10.1. The minimum Gasteiger partial charge on any atom is -0.497 e. The maximum absolute atomic E-state index is 12.1. The zero-order valence-electron chi connectivity index (χ0n) is 15.2. The van der Waals surface area contributed by atoms with E-state index in [0.29, 0.717) is 29.6 Å². The Morgan fingerprint density at radius 2 is 1.86 bits per heavy atom. The van der Waals surface area contributed by atoms with E-state index in [1.54, 1.807) is 19.2 Å². The van der Waals surface area contributed by atoms with Crippen molar-refractivity contribution in [2.24, 2.45) is 0 Å². The number of nitrogens with one attached hydrogen (secondary N) is 1. The molecular formula is C20H18N4O3S. The number of hydrogen-bond donors (Lipinski definition) is 1. The van der Waals surface area contributed by atoms with Crippen molar-refractivity contribution in [3.8, 4) is 11.8 Å². The van der Waals surface area contributed by atoms with Crippen LogP contribution in [0.25, 0.3) is 0 Å². The molecule has 0 fully saturated rings. The van der Waals surface area contributed by atoms with Crippen molar-refractivity contribution in [2.75, 3.05) is 18.2 Å². The molecule has 28 heavy (non-hydrogen) atoms. The fourth-order valence-corrected chi connectivity index (χ4v) is 2.99. The monoisotopic (exact) mass is 394 g/mol. The van der Waals surface area contributed by atoms with Gasteiger partial charge >= 0.3 is 0 Å². The molecule has 7 nitrogen and oxygen atoms in total. The molecule has 3 aromatic rings. The predicted octanol–water partition coefficient (Wildman–Crippen LogP) is 3.47. The third-order valence-electron chi connectivity index (χ3n) is 3.81. The van der Waals surface area contributed by atoms with Crippen molar-refractivity contribution in [1.82, 2.24) is 10.2 Å². The zero-order chi connectivity index (χ0) is 19.8. The molecule has 1 heterocycles. The van der Waals surface area contributed by atoms with Crippen molar-refractivity contribution in [3.05, 3.63) is 65.5 Å². The number of ether oxygens (including phenoxy) is 1. The standard InChI is InChI=1S/C20H18N4O3S/c1-26-17-8-4-15(5-9-17)12-19-23-24-20(27-19)28-13-18(25)22-16-6-2-14(3-7-16)10-11-21/h2-9H,10,12-13H2,1H3,(H,22,25). The lowest BCUT2D eigenvalue weighted by molar-refractivity contribution is -0.113. The Morgan fingerprint density at radius 3 is 2.54 bits per heavy atom. The molecule has 2 aromatic carbocycles. The van der Waals surface area contributed by atoms with Gasteiger partial charge < -0.3 is 14.5 Å². The summed E-state index contributed by atoms with van der Waals surface area (Å²) in [5.41, 5.74) is 2.61. The fourth-order valence-electron chi connectivity index (χ4n) is 2.41. The van der Waals surface area contributed by atoms with Crippen LogP contribution >= 0.6 is 11.8 Å². The van der Waals surface area contributed by atoms with Crippen LogP contribution in [0.1, 0.15) is 17.0 Å². The molecule has 0 radical (unpaired) electrons. The molecule has 1 amide bonds. The molecule has 8 heteroatoms. The van der Waals surface area contributed by atoms with Crippen LogP contribution < -0.4 is 10.1 Å². The number of carbonyl (C=O) groups is 1. The second-order valence-corrected chi connectivity index (χ2v) is 6.78. The number of nitrogens with zero attached hydrogens (tertiary/aromatic N) is 3. The second-order valence-electron chi connectivity index (χ2n) is 5.86. The van der Waals surface area contributed by atoms with E-state index in [-0.39, 0.29) is 11.7 Å². The average Bonchev–Trinajstić information content (AvgIpc) is 3.16. The lowest BCUT2D eigenvalue weighted by Crippen LogP contribution is -2.13. The number of rotatable bonds is 8. The average molecular weight is 394 g/mol. The van der Waals surface area contributed by atoms with Crippen LogP contribution in [0, 0.1) is 11.3 Å². The van der Waals surface area contributed by atoms with E-state index in [0.717, 1.165) is 16.9 Å². The van der Waals surface area contributed by atoms with E-state index in [4.69, 9.17) is 14.4 Å². The summed E-state index contributed by atoms with van der Waals surface area (Å²) >= 11 is 1.18. The molecule has 3 rings (SSSR count). The highest BCUT2D eigenvalue weighted by Crippen LogP contribution is 2.19. The first kappa shape index (κ1) is 19.5. The minimum atomic E-state index is -0.173. The number of carbonyl (C=O) groups excluding carboxylic acids is 1. The Labute approximate surface area is 166 Å². The largest absolute Gasteiger partial charge is 0.497 e. The van der Waals surface area contributed by atoms with Crippen molar-refractivity contribution < 1.29 is 13.9 Å². The van der Waals surface area contributed by atoms with Crippen LogP contribution in [-0.4, -0.2) is 29.0 Å². The van der Waals surface area contributed by atoms with Gasteiger partial charge in [-0.2, -0.15) is 5.26 Å². The summed E-state index contributed by atoms with van der Waals surface area (Å²) in [6, 6.07) is 16.9. The summed E-state index contributed by atoms with van der Waals surface area (Å²) in [6.07, 6.45) is 0.860. The van der Waals surface area contributed by atoms with Gasteiger partial charge in [0.25, 0.3) is 5.22 Å². The maximum Gasteiger partial charge on any atom is 0.277 e. The Hall–Kier alpha value is -3.31. The van der Waals surface area contributed by atoms with E-state index < -0.39 is 0 Å².